The first-order valence-corrected chi connectivity index (χ1v) is 7.92. The lowest BCUT2D eigenvalue weighted by molar-refractivity contribution is 0.232. The molecule has 1 aliphatic carbocycles. The van der Waals surface area contributed by atoms with Crippen LogP contribution >= 0.6 is 0 Å². The van der Waals surface area contributed by atoms with Crippen molar-refractivity contribution in [2.45, 2.75) is 72.1 Å². The Balaban J connectivity index is 2.11. The van der Waals surface area contributed by atoms with Crippen molar-refractivity contribution in [2.75, 3.05) is 0 Å². The summed E-state index contributed by atoms with van der Waals surface area (Å²) in [7, 11) is 0. The smallest absolute Gasteiger partial charge is 0.124 e. The van der Waals surface area contributed by atoms with Gasteiger partial charge in [-0.05, 0) is 45.1 Å². The molecular weight excluding hydrogens is 246 g/mol. The van der Waals surface area contributed by atoms with Crippen LogP contribution < -0.4 is 10.1 Å². The van der Waals surface area contributed by atoms with Crippen LogP contribution in [0, 0.1) is 5.41 Å². The fourth-order valence-electron chi connectivity index (χ4n) is 3.23. The maximum Gasteiger partial charge on any atom is 0.124 e. The highest BCUT2D eigenvalue weighted by Gasteiger charge is 2.35. The molecule has 0 aromatic heterocycles. The summed E-state index contributed by atoms with van der Waals surface area (Å²) in [4.78, 5) is 0. The third kappa shape index (κ3) is 3.54. The summed E-state index contributed by atoms with van der Waals surface area (Å²) >= 11 is 0. The van der Waals surface area contributed by atoms with Gasteiger partial charge in [-0.3, -0.25) is 0 Å². The van der Waals surface area contributed by atoms with Gasteiger partial charge in [0.15, 0.2) is 0 Å². The van der Waals surface area contributed by atoms with E-state index in [0.29, 0.717) is 17.5 Å². The van der Waals surface area contributed by atoms with E-state index < -0.39 is 0 Å². The van der Waals surface area contributed by atoms with Crippen LogP contribution in [0.2, 0.25) is 0 Å². The van der Waals surface area contributed by atoms with Crippen molar-refractivity contribution in [1.29, 1.82) is 0 Å². The summed E-state index contributed by atoms with van der Waals surface area (Å²) in [5.41, 5.74) is 1.67. The average Bonchev–Trinajstić information content (AvgIpc) is 2.68. The molecule has 2 atom stereocenters. The second-order valence-corrected chi connectivity index (χ2v) is 7.03. The lowest BCUT2D eigenvalue weighted by Gasteiger charge is -2.31. The van der Waals surface area contributed by atoms with E-state index >= 15 is 0 Å². The van der Waals surface area contributed by atoms with Gasteiger partial charge in [0.25, 0.3) is 0 Å². The molecule has 1 N–H and O–H groups in total. The van der Waals surface area contributed by atoms with Gasteiger partial charge in [0.05, 0.1) is 6.10 Å². The summed E-state index contributed by atoms with van der Waals surface area (Å²) in [6.07, 6.45) is 4.15. The highest BCUT2D eigenvalue weighted by molar-refractivity contribution is 5.36. The molecule has 20 heavy (non-hydrogen) atoms. The van der Waals surface area contributed by atoms with Crippen LogP contribution in [-0.4, -0.2) is 12.1 Å². The minimum absolute atomic E-state index is 0.214. The molecule has 2 heteroatoms. The molecule has 1 aliphatic rings. The average molecular weight is 275 g/mol. The Hall–Kier alpha value is -1.02. The zero-order valence-electron chi connectivity index (χ0n) is 13.6. The standard InChI is InChI=1S/C18H29NO/c1-13(2)20-16-10-7-6-9-15(16)14(3)19-17-11-8-12-18(17,4)5/h6-7,9-10,13-14,17,19H,8,11-12H2,1-5H3. The molecule has 1 aromatic carbocycles. The van der Waals surface area contributed by atoms with E-state index in [2.05, 4.69) is 58.1 Å². The van der Waals surface area contributed by atoms with Crippen molar-refractivity contribution in [3.05, 3.63) is 29.8 Å². The summed E-state index contributed by atoms with van der Waals surface area (Å²) in [6, 6.07) is 9.33. The van der Waals surface area contributed by atoms with Crippen LogP contribution in [0.5, 0.6) is 5.75 Å². The Labute approximate surface area is 123 Å². The second-order valence-electron chi connectivity index (χ2n) is 7.03. The molecule has 1 fully saturated rings. The third-order valence-electron chi connectivity index (χ3n) is 4.46. The van der Waals surface area contributed by atoms with E-state index in [1.807, 2.05) is 6.07 Å². The molecule has 1 aromatic rings. The molecule has 1 saturated carbocycles. The predicted octanol–water partition coefficient (Wildman–Crippen LogP) is 4.70. The summed E-state index contributed by atoms with van der Waals surface area (Å²) in [5, 5.41) is 3.82. The fourth-order valence-corrected chi connectivity index (χ4v) is 3.23. The number of nitrogens with one attached hydrogen (secondary N) is 1. The van der Waals surface area contributed by atoms with E-state index in [9.17, 15) is 0 Å². The van der Waals surface area contributed by atoms with Gasteiger partial charge in [-0.2, -0.15) is 0 Å². The molecule has 0 bridgehead atoms. The van der Waals surface area contributed by atoms with Crippen molar-refractivity contribution in [3.8, 4) is 5.75 Å². The van der Waals surface area contributed by atoms with Crippen LogP contribution in [0.1, 0.15) is 65.5 Å². The number of hydrogen-bond acceptors (Lipinski definition) is 2. The fraction of sp³-hybridized carbons (Fsp3) is 0.667. The molecule has 0 heterocycles. The Kier molecular flexibility index (Phi) is 4.74. The van der Waals surface area contributed by atoms with E-state index in [0.717, 1.165) is 5.75 Å². The Morgan fingerprint density at radius 2 is 1.90 bits per heavy atom. The number of hydrogen-bond donors (Lipinski definition) is 1. The zero-order valence-corrected chi connectivity index (χ0v) is 13.6. The van der Waals surface area contributed by atoms with Gasteiger partial charge >= 0.3 is 0 Å². The lowest BCUT2D eigenvalue weighted by Crippen LogP contribution is -2.39. The predicted molar refractivity (Wildman–Crippen MR) is 85.2 cm³/mol. The van der Waals surface area contributed by atoms with E-state index in [1.165, 1.54) is 24.8 Å². The molecule has 0 radical (unpaired) electrons. The van der Waals surface area contributed by atoms with Crippen LogP contribution in [0.4, 0.5) is 0 Å². The van der Waals surface area contributed by atoms with Crippen LogP contribution in [0.15, 0.2) is 24.3 Å². The van der Waals surface area contributed by atoms with E-state index in [1.54, 1.807) is 0 Å². The first-order valence-electron chi connectivity index (χ1n) is 7.92. The second kappa shape index (κ2) is 6.17. The molecular formula is C18H29NO. The number of ether oxygens (including phenoxy) is 1. The molecule has 2 rings (SSSR count). The summed E-state index contributed by atoms with van der Waals surface area (Å²) in [6.45, 7) is 11.2. The topological polar surface area (TPSA) is 21.3 Å². The van der Waals surface area contributed by atoms with Gasteiger partial charge in [-0.15, -0.1) is 0 Å². The van der Waals surface area contributed by atoms with E-state index in [-0.39, 0.29) is 6.10 Å². The lowest BCUT2D eigenvalue weighted by atomic mass is 9.86. The largest absolute Gasteiger partial charge is 0.491 e. The van der Waals surface area contributed by atoms with Crippen molar-refractivity contribution >= 4 is 0 Å². The van der Waals surface area contributed by atoms with Gasteiger partial charge in [0.1, 0.15) is 5.75 Å². The number of rotatable bonds is 5. The van der Waals surface area contributed by atoms with Crippen molar-refractivity contribution in [3.63, 3.8) is 0 Å². The maximum atomic E-state index is 5.94. The molecule has 0 spiro atoms. The molecule has 0 aliphatic heterocycles. The van der Waals surface area contributed by atoms with Gasteiger partial charge in [-0.25, -0.2) is 0 Å². The Morgan fingerprint density at radius 3 is 2.50 bits per heavy atom. The Bertz CT molecular complexity index is 439. The molecule has 112 valence electrons. The normalized spacial score (nSPS) is 23.0. The summed E-state index contributed by atoms with van der Waals surface area (Å²) in [5.74, 6) is 1.01. The van der Waals surface area contributed by atoms with Gasteiger partial charge < -0.3 is 10.1 Å². The van der Waals surface area contributed by atoms with Gasteiger partial charge in [0, 0.05) is 17.6 Å². The Morgan fingerprint density at radius 1 is 1.20 bits per heavy atom. The minimum Gasteiger partial charge on any atom is -0.491 e. The molecule has 0 saturated heterocycles. The van der Waals surface area contributed by atoms with Crippen molar-refractivity contribution < 1.29 is 4.74 Å². The number of para-hydroxylation sites is 1. The first kappa shape index (κ1) is 15.4. The van der Waals surface area contributed by atoms with Gasteiger partial charge in [-0.1, -0.05) is 38.5 Å². The van der Waals surface area contributed by atoms with Crippen LogP contribution in [0.3, 0.4) is 0 Å². The van der Waals surface area contributed by atoms with Crippen LogP contribution in [0.25, 0.3) is 0 Å². The quantitative estimate of drug-likeness (QED) is 0.840. The molecule has 2 unspecified atom stereocenters. The highest BCUT2D eigenvalue weighted by atomic mass is 16.5. The minimum atomic E-state index is 0.214. The van der Waals surface area contributed by atoms with Gasteiger partial charge in [0.2, 0.25) is 0 Å². The first-order chi connectivity index (χ1) is 9.40. The maximum absolute atomic E-state index is 5.94. The number of benzene rings is 1. The summed E-state index contributed by atoms with van der Waals surface area (Å²) < 4.78 is 5.94. The van der Waals surface area contributed by atoms with Crippen LogP contribution in [-0.2, 0) is 0 Å². The van der Waals surface area contributed by atoms with Crippen molar-refractivity contribution in [2.24, 2.45) is 5.41 Å². The highest BCUT2D eigenvalue weighted by Crippen LogP contribution is 2.39. The molecule has 0 amide bonds. The third-order valence-corrected chi connectivity index (χ3v) is 4.46. The van der Waals surface area contributed by atoms with Crippen molar-refractivity contribution in [1.82, 2.24) is 5.32 Å². The molecule has 2 nitrogen and oxygen atoms in total. The zero-order chi connectivity index (χ0) is 14.8. The SMILES string of the molecule is CC(C)Oc1ccccc1C(C)NC1CCCC1(C)C. The monoisotopic (exact) mass is 275 g/mol. The van der Waals surface area contributed by atoms with E-state index in [4.69, 9.17) is 4.74 Å².